The van der Waals surface area contributed by atoms with E-state index in [0.29, 0.717) is 23.8 Å². The van der Waals surface area contributed by atoms with Gasteiger partial charge in [0, 0.05) is 28.9 Å². The molecular weight excluding hydrogens is 264 g/mol. The molecule has 0 atom stereocenters. The topological polar surface area (TPSA) is 57.4 Å². The van der Waals surface area contributed by atoms with E-state index in [2.05, 4.69) is 4.98 Å². The summed E-state index contributed by atoms with van der Waals surface area (Å²) in [6.45, 7) is 0.411. The summed E-state index contributed by atoms with van der Waals surface area (Å²) in [5.41, 5.74) is 8.41. The van der Waals surface area contributed by atoms with Crippen LogP contribution in [0.3, 0.4) is 0 Å². The Morgan fingerprint density at radius 1 is 1.05 bits per heavy atom. The van der Waals surface area contributed by atoms with Crippen LogP contribution in [-0.2, 0) is 6.61 Å². The Morgan fingerprint density at radius 3 is 2.76 bits per heavy atom. The molecule has 0 spiro atoms. The molecule has 0 aliphatic heterocycles. The first kappa shape index (κ1) is 13.2. The van der Waals surface area contributed by atoms with Gasteiger partial charge in [0.25, 0.3) is 0 Å². The van der Waals surface area contributed by atoms with Crippen molar-refractivity contribution in [3.8, 4) is 11.5 Å². The maximum Gasteiger partial charge on any atom is 0.163 e. The number of anilines is 1. The van der Waals surface area contributed by atoms with E-state index in [9.17, 15) is 0 Å². The number of methoxy groups -OCH3 is 1. The fourth-order valence-electron chi connectivity index (χ4n) is 2.25. The zero-order valence-electron chi connectivity index (χ0n) is 11.7. The highest BCUT2D eigenvalue weighted by molar-refractivity contribution is 5.81. The number of nitrogens with two attached hydrogens (primary N) is 1. The lowest BCUT2D eigenvalue weighted by Gasteiger charge is -2.12. The van der Waals surface area contributed by atoms with E-state index in [-0.39, 0.29) is 0 Å². The summed E-state index contributed by atoms with van der Waals surface area (Å²) in [6.07, 6.45) is 1.78. The van der Waals surface area contributed by atoms with Crippen molar-refractivity contribution in [1.82, 2.24) is 4.98 Å². The molecule has 3 rings (SSSR count). The van der Waals surface area contributed by atoms with Gasteiger partial charge in [-0.2, -0.15) is 0 Å². The number of ether oxygens (including phenoxy) is 2. The van der Waals surface area contributed by atoms with Crippen LogP contribution in [0.4, 0.5) is 5.69 Å². The van der Waals surface area contributed by atoms with Crippen molar-refractivity contribution >= 4 is 16.6 Å². The van der Waals surface area contributed by atoms with Gasteiger partial charge in [0.1, 0.15) is 6.61 Å². The second-order valence-electron chi connectivity index (χ2n) is 4.69. The Kier molecular flexibility index (Phi) is 3.60. The van der Waals surface area contributed by atoms with Gasteiger partial charge < -0.3 is 15.2 Å². The standard InChI is InChI=1S/C17H16N2O2/c1-20-15-8-7-14(18)10-16(15)21-11-13-5-2-4-12-6-3-9-19-17(12)13/h2-10H,11,18H2,1H3. The van der Waals surface area contributed by atoms with Gasteiger partial charge in [0.05, 0.1) is 12.6 Å². The number of hydrogen-bond donors (Lipinski definition) is 1. The lowest BCUT2D eigenvalue weighted by Crippen LogP contribution is -2.00. The van der Waals surface area contributed by atoms with Crippen LogP contribution in [0.25, 0.3) is 10.9 Å². The second kappa shape index (κ2) is 5.71. The number of hydrogen-bond acceptors (Lipinski definition) is 4. The molecule has 21 heavy (non-hydrogen) atoms. The van der Waals surface area contributed by atoms with Gasteiger partial charge in [-0.1, -0.05) is 24.3 Å². The van der Waals surface area contributed by atoms with E-state index < -0.39 is 0 Å². The smallest absolute Gasteiger partial charge is 0.163 e. The number of para-hydroxylation sites is 1. The highest BCUT2D eigenvalue weighted by Crippen LogP contribution is 2.30. The lowest BCUT2D eigenvalue weighted by atomic mass is 10.1. The molecule has 0 saturated carbocycles. The molecule has 0 unspecified atom stereocenters. The van der Waals surface area contributed by atoms with Crippen molar-refractivity contribution in [3.63, 3.8) is 0 Å². The maximum atomic E-state index is 5.86. The van der Waals surface area contributed by atoms with Crippen molar-refractivity contribution in [1.29, 1.82) is 0 Å². The Balaban J connectivity index is 1.89. The van der Waals surface area contributed by atoms with Crippen LogP contribution in [-0.4, -0.2) is 12.1 Å². The quantitative estimate of drug-likeness (QED) is 0.744. The first-order valence-corrected chi connectivity index (χ1v) is 6.67. The van der Waals surface area contributed by atoms with Gasteiger partial charge in [-0.15, -0.1) is 0 Å². The van der Waals surface area contributed by atoms with Crippen LogP contribution in [0, 0.1) is 0 Å². The summed E-state index contributed by atoms with van der Waals surface area (Å²) in [6, 6.07) is 15.3. The monoisotopic (exact) mass is 280 g/mol. The SMILES string of the molecule is COc1ccc(N)cc1OCc1cccc2cccnc12. The molecule has 0 aliphatic rings. The van der Waals surface area contributed by atoms with Gasteiger partial charge >= 0.3 is 0 Å². The third kappa shape index (κ3) is 2.74. The Bertz CT molecular complexity index is 766. The molecule has 4 heteroatoms. The average molecular weight is 280 g/mol. The Hall–Kier alpha value is -2.75. The van der Waals surface area contributed by atoms with Gasteiger partial charge in [0.2, 0.25) is 0 Å². The minimum Gasteiger partial charge on any atom is -0.493 e. The minimum absolute atomic E-state index is 0.411. The third-order valence-electron chi connectivity index (χ3n) is 3.29. The molecule has 2 aromatic carbocycles. The summed E-state index contributed by atoms with van der Waals surface area (Å²) >= 11 is 0. The number of fused-ring (bicyclic) bond motifs is 1. The van der Waals surface area contributed by atoms with E-state index in [1.54, 1.807) is 31.5 Å². The average Bonchev–Trinajstić information content (AvgIpc) is 2.53. The number of nitrogens with zero attached hydrogens (tertiary/aromatic N) is 1. The molecule has 106 valence electrons. The molecule has 3 aromatic rings. The van der Waals surface area contributed by atoms with Crippen LogP contribution in [0.2, 0.25) is 0 Å². The van der Waals surface area contributed by atoms with Crippen molar-refractivity contribution in [2.45, 2.75) is 6.61 Å². The lowest BCUT2D eigenvalue weighted by molar-refractivity contribution is 0.285. The molecule has 0 fully saturated rings. The summed E-state index contributed by atoms with van der Waals surface area (Å²) in [5.74, 6) is 1.29. The predicted octanol–water partition coefficient (Wildman–Crippen LogP) is 3.40. The molecule has 1 heterocycles. The zero-order chi connectivity index (χ0) is 14.7. The van der Waals surface area contributed by atoms with E-state index in [4.69, 9.17) is 15.2 Å². The molecule has 0 amide bonds. The molecule has 2 N–H and O–H groups in total. The molecular formula is C17H16N2O2. The van der Waals surface area contributed by atoms with E-state index in [1.807, 2.05) is 30.3 Å². The molecule has 0 saturated heterocycles. The van der Waals surface area contributed by atoms with Gasteiger partial charge in [-0.25, -0.2) is 0 Å². The van der Waals surface area contributed by atoms with Crippen LogP contribution < -0.4 is 15.2 Å². The van der Waals surface area contributed by atoms with E-state index in [0.717, 1.165) is 16.5 Å². The summed E-state index contributed by atoms with van der Waals surface area (Å²) < 4.78 is 11.1. The van der Waals surface area contributed by atoms with Gasteiger partial charge in [-0.05, 0) is 18.2 Å². The van der Waals surface area contributed by atoms with Crippen LogP contribution in [0.5, 0.6) is 11.5 Å². The summed E-state index contributed by atoms with van der Waals surface area (Å²) in [4.78, 5) is 4.42. The van der Waals surface area contributed by atoms with Crippen molar-refractivity contribution < 1.29 is 9.47 Å². The predicted molar refractivity (Wildman–Crippen MR) is 83.5 cm³/mol. The minimum atomic E-state index is 0.411. The zero-order valence-corrected chi connectivity index (χ0v) is 11.7. The molecule has 1 aromatic heterocycles. The van der Waals surface area contributed by atoms with Gasteiger partial charge in [-0.3, -0.25) is 4.98 Å². The number of rotatable bonds is 4. The van der Waals surface area contributed by atoms with E-state index in [1.165, 1.54) is 0 Å². The number of benzene rings is 2. The van der Waals surface area contributed by atoms with Gasteiger partial charge in [0.15, 0.2) is 11.5 Å². The fourth-order valence-corrected chi connectivity index (χ4v) is 2.25. The maximum absolute atomic E-state index is 5.86. The molecule has 4 nitrogen and oxygen atoms in total. The summed E-state index contributed by atoms with van der Waals surface area (Å²) in [7, 11) is 1.61. The van der Waals surface area contributed by atoms with Crippen LogP contribution >= 0.6 is 0 Å². The molecule has 0 aliphatic carbocycles. The Labute approximate surface area is 123 Å². The number of nitrogen functional groups attached to an aromatic ring is 1. The number of pyridine rings is 1. The summed E-state index contributed by atoms with van der Waals surface area (Å²) in [5, 5.41) is 1.10. The third-order valence-corrected chi connectivity index (χ3v) is 3.29. The molecule has 0 radical (unpaired) electrons. The van der Waals surface area contributed by atoms with Crippen LogP contribution in [0.15, 0.2) is 54.7 Å². The highest BCUT2D eigenvalue weighted by Gasteiger charge is 2.07. The first-order valence-electron chi connectivity index (χ1n) is 6.67. The van der Waals surface area contributed by atoms with Crippen molar-refractivity contribution in [2.24, 2.45) is 0 Å². The highest BCUT2D eigenvalue weighted by atomic mass is 16.5. The first-order chi connectivity index (χ1) is 10.3. The second-order valence-corrected chi connectivity index (χ2v) is 4.69. The van der Waals surface area contributed by atoms with Crippen LogP contribution in [0.1, 0.15) is 5.56 Å². The fraction of sp³-hybridized carbons (Fsp3) is 0.118. The van der Waals surface area contributed by atoms with E-state index >= 15 is 0 Å². The number of aromatic nitrogens is 1. The van der Waals surface area contributed by atoms with Crippen molar-refractivity contribution in [3.05, 3.63) is 60.3 Å². The Morgan fingerprint density at radius 2 is 1.90 bits per heavy atom. The molecule has 0 bridgehead atoms. The normalized spacial score (nSPS) is 10.5. The largest absolute Gasteiger partial charge is 0.493 e. The van der Waals surface area contributed by atoms with Crippen molar-refractivity contribution in [2.75, 3.05) is 12.8 Å².